The lowest BCUT2D eigenvalue weighted by atomic mass is 9.87. The van der Waals surface area contributed by atoms with Gasteiger partial charge < -0.3 is 5.73 Å². The molecule has 1 aliphatic rings. The SMILES string of the molecule is Cc1cnc2c(c1)nc(N)n2CCC1CCCCC1. The second kappa shape index (κ2) is 5.19. The highest BCUT2D eigenvalue weighted by Gasteiger charge is 2.15. The van der Waals surface area contributed by atoms with Crippen LogP contribution in [0.25, 0.3) is 11.2 Å². The molecule has 102 valence electrons. The molecule has 2 aromatic rings. The zero-order valence-corrected chi connectivity index (χ0v) is 11.6. The van der Waals surface area contributed by atoms with Gasteiger partial charge in [-0.05, 0) is 30.9 Å². The fourth-order valence-corrected chi connectivity index (χ4v) is 3.14. The van der Waals surface area contributed by atoms with E-state index in [-0.39, 0.29) is 0 Å². The Morgan fingerprint density at radius 1 is 1.32 bits per heavy atom. The summed E-state index contributed by atoms with van der Waals surface area (Å²) in [5, 5.41) is 0. The quantitative estimate of drug-likeness (QED) is 0.919. The molecule has 0 bridgehead atoms. The molecule has 0 aliphatic heterocycles. The van der Waals surface area contributed by atoms with Gasteiger partial charge in [0.25, 0.3) is 0 Å². The topological polar surface area (TPSA) is 56.7 Å². The van der Waals surface area contributed by atoms with Crippen LogP contribution in [0.5, 0.6) is 0 Å². The lowest BCUT2D eigenvalue weighted by Gasteiger charge is -2.21. The Bertz CT molecular complexity index is 567. The van der Waals surface area contributed by atoms with Crippen molar-refractivity contribution < 1.29 is 0 Å². The first kappa shape index (κ1) is 12.5. The first-order valence-electron chi connectivity index (χ1n) is 7.32. The van der Waals surface area contributed by atoms with Gasteiger partial charge in [0.15, 0.2) is 5.65 Å². The number of fused-ring (bicyclic) bond motifs is 1. The van der Waals surface area contributed by atoms with E-state index in [9.17, 15) is 0 Å². The van der Waals surface area contributed by atoms with Gasteiger partial charge in [-0.1, -0.05) is 32.1 Å². The molecule has 2 heterocycles. The fourth-order valence-electron chi connectivity index (χ4n) is 3.14. The molecule has 4 heteroatoms. The second-order valence-electron chi connectivity index (χ2n) is 5.77. The molecule has 0 unspecified atom stereocenters. The molecule has 3 rings (SSSR count). The van der Waals surface area contributed by atoms with E-state index in [1.165, 1.54) is 38.5 Å². The highest BCUT2D eigenvalue weighted by Crippen LogP contribution is 2.27. The molecule has 19 heavy (non-hydrogen) atoms. The van der Waals surface area contributed by atoms with Gasteiger partial charge in [-0.2, -0.15) is 0 Å². The Hall–Kier alpha value is -1.58. The summed E-state index contributed by atoms with van der Waals surface area (Å²) >= 11 is 0. The minimum Gasteiger partial charge on any atom is -0.369 e. The Kier molecular flexibility index (Phi) is 3.40. The molecule has 4 nitrogen and oxygen atoms in total. The largest absolute Gasteiger partial charge is 0.369 e. The van der Waals surface area contributed by atoms with Crippen molar-refractivity contribution in [1.82, 2.24) is 14.5 Å². The lowest BCUT2D eigenvalue weighted by molar-refractivity contribution is 0.326. The second-order valence-corrected chi connectivity index (χ2v) is 5.77. The Balaban J connectivity index is 1.78. The molecule has 0 amide bonds. The molecule has 2 N–H and O–H groups in total. The van der Waals surface area contributed by atoms with Gasteiger partial charge in [-0.15, -0.1) is 0 Å². The number of rotatable bonds is 3. The van der Waals surface area contributed by atoms with E-state index in [2.05, 4.69) is 20.6 Å². The molecular formula is C15H22N4. The molecule has 0 saturated heterocycles. The van der Waals surface area contributed by atoms with Crippen LogP contribution in [0.3, 0.4) is 0 Å². The lowest BCUT2D eigenvalue weighted by Crippen LogP contribution is -2.11. The maximum absolute atomic E-state index is 6.03. The molecule has 0 radical (unpaired) electrons. The first-order valence-corrected chi connectivity index (χ1v) is 7.32. The third-order valence-corrected chi connectivity index (χ3v) is 4.24. The minimum atomic E-state index is 0.601. The van der Waals surface area contributed by atoms with Gasteiger partial charge in [-0.3, -0.25) is 4.57 Å². The molecule has 1 aliphatic carbocycles. The number of aryl methyl sites for hydroxylation is 2. The summed E-state index contributed by atoms with van der Waals surface area (Å²) in [7, 11) is 0. The molecule has 0 aromatic carbocycles. The predicted octanol–water partition coefficient (Wildman–Crippen LogP) is 3.29. The smallest absolute Gasteiger partial charge is 0.202 e. The standard InChI is InChI=1S/C15H22N4/c1-11-9-13-14(17-10-11)19(15(16)18-13)8-7-12-5-3-2-4-6-12/h9-10,12H,2-8H2,1H3,(H2,16,18). The summed E-state index contributed by atoms with van der Waals surface area (Å²) in [4.78, 5) is 8.90. The van der Waals surface area contributed by atoms with Crippen LogP contribution in [0.2, 0.25) is 0 Å². The number of nitrogen functional groups attached to an aromatic ring is 1. The van der Waals surface area contributed by atoms with Gasteiger partial charge in [0, 0.05) is 12.7 Å². The number of nitrogens with two attached hydrogens (primary N) is 1. The summed E-state index contributed by atoms with van der Waals surface area (Å²) in [6.07, 6.45) is 10.0. The van der Waals surface area contributed by atoms with Gasteiger partial charge in [-0.25, -0.2) is 9.97 Å². The third-order valence-electron chi connectivity index (χ3n) is 4.24. The number of hydrogen-bond acceptors (Lipinski definition) is 3. The highest BCUT2D eigenvalue weighted by molar-refractivity contribution is 5.74. The van der Waals surface area contributed by atoms with Crippen molar-refractivity contribution in [1.29, 1.82) is 0 Å². The molecule has 2 aromatic heterocycles. The van der Waals surface area contributed by atoms with Crippen molar-refractivity contribution >= 4 is 17.1 Å². The number of hydrogen-bond donors (Lipinski definition) is 1. The maximum Gasteiger partial charge on any atom is 0.202 e. The predicted molar refractivity (Wildman–Crippen MR) is 77.9 cm³/mol. The van der Waals surface area contributed by atoms with Crippen LogP contribution < -0.4 is 5.73 Å². The normalized spacial score (nSPS) is 17.1. The van der Waals surface area contributed by atoms with Crippen molar-refractivity contribution in [2.75, 3.05) is 5.73 Å². The summed E-state index contributed by atoms with van der Waals surface area (Å²) in [5.74, 6) is 1.46. The summed E-state index contributed by atoms with van der Waals surface area (Å²) < 4.78 is 2.07. The summed E-state index contributed by atoms with van der Waals surface area (Å²) in [6, 6.07) is 2.05. The zero-order valence-electron chi connectivity index (χ0n) is 11.6. The van der Waals surface area contributed by atoms with Gasteiger partial charge >= 0.3 is 0 Å². The molecule has 1 fully saturated rings. The van der Waals surface area contributed by atoms with Crippen molar-refractivity contribution in [3.63, 3.8) is 0 Å². The van der Waals surface area contributed by atoms with Gasteiger partial charge in [0.2, 0.25) is 5.95 Å². The van der Waals surface area contributed by atoms with E-state index in [0.29, 0.717) is 5.95 Å². The van der Waals surface area contributed by atoms with Crippen LogP contribution in [-0.2, 0) is 6.54 Å². The Morgan fingerprint density at radius 2 is 2.11 bits per heavy atom. The van der Waals surface area contributed by atoms with Crippen LogP contribution in [0.4, 0.5) is 5.95 Å². The van der Waals surface area contributed by atoms with Crippen molar-refractivity contribution in [3.05, 3.63) is 17.8 Å². The maximum atomic E-state index is 6.03. The van der Waals surface area contributed by atoms with Crippen molar-refractivity contribution in [3.8, 4) is 0 Å². The average molecular weight is 258 g/mol. The molecule has 0 atom stereocenters. The van der Waals surface area contributed by atoms with Crippen LogP contribution >= 0.6 is 0 Å². The molecule has 1 saturated carbocycles. The van der Waals surface area contributed by atoms with E-state index in [1.807, 2.05) is 13.1 Å². The van der Waals surface area contributed by atoms with Gasteiger partial charge in [0.05, 0.1) is 0 Å². The Labute approximate surface area is 114 Å². The number of nitrogens with zero attached hydrogens (tertiary/aromatic N) is 3. The van der Waals surface area contributed by atoms with E-state index >= 15 is 0 Å². The average Bonchev–Trinajstić information content (AvgIpc) is 2.72. The summed E-state index contributed by atoms with van der Waals surface area (Å²) in [6.45, 7) is 2.98. The monoisotopic (exact) mass is 258 g/mol. The number of imidazole rings is 1. The van der Waals surface area contributed by atoms with E-state index in [1.54, 1.807) is 0 Å². The van der Waals surface area contributed by atoms with Crippen molar-refractivity contribution in [2.24, 2.45) is 5.92 Å². The van der Waals surface area contributed by atoms with Crippen LogP contribution in [0.1, 0.15) is 44.1 Å². The van der Waals surface area contributed by atoms with Gasteiger partial charge in [0.1, 0.15) is 5.52 Å². The van der Waals surface area contributed by atoms with Crippen LogP contribution in [0.15, 0.2) is 12.3 Å². The Morgan fingerprint density at radius 3 is 2.89 bits per heavy atom. The number of aromatic nitrogens is 3. The first-order chi connectivity index (χ1) is 9.24. The van der Waals surface area contributed by atoms with Crippen molar-refractivity contribution in [2.45, 2.75) is 52.0 Å². The third kappa shape index (κ3) is 2.57. The van der Waals surface area contributed by atoms with Crippen LogP contribution in [-0.4, -0.2) is 14.5 Å². The molecular weight excluding hydrogens is 236 g/mol. The summed E-state index contributed by atoms with van der Waals surface area (Å²) in [5.41, 5.74) is 9.01. The van der Waals surface area contributed by atoms with E-state index in [4.69, 9.17) is 5.73 Å². The van der Waals surface area contributed by atoms with Crippen LogP contribution in [0, 0.1) is 12.8 Å². The van der Waals surface area contributed by atoms with E-state index in [0.717, 1.165) is 29.2 Å². The molecule has 0 spiro atoms. The minimum absolute atomic E-state index is 0.601. The number of pyridine rings is 1. The number of anilines is 1. The van der Waals surface area contributed by atoms with E-state index < -0.39 is 0 Å². The fraction of sp³-hybridized carbons (Fsp3) is 0.600. The highest BCUT2D eigenvalue weighted by atomic mass is 15.2. The zero-order chi connectivity index (χ0) is 13.2.